The van der Waals surface area contributed by atoms with Gasteiger partial charge in [0.05, 0.1) is 17.0 Å². The molecule has 4 aromatic rings. The van der Waals surface area contributed by atoms with Crippen molar-refractivity contribution >= 4 is 23.5 Å². The molecule has 3 heterocycles. The van der Waals surface area contributed by atoms with Crippen molar-refractivity contribution in [3.8, 4) is 17.7 Å². The zero-order valence-corrected chi connectivity index (χ0v) is 19.5. The van der Waals surface area contributed by atoms with Crippen LogP contribution in [0.5, 0.6) is 0 Å². The zero-order chi connectivity index (χ0) is 23.7. The summed E-state index contributed by atoms with van der Waals surface area (Å²) in [6.07, 6.45) is 0. The number of benzene rings is 1. The number of para-hydroxylation sites is 1. The lowest BCUT2D eigenvalue weighted by Gasteiger charge is -2.13. The van der Waals surface area contributed by atoms with E-state index in [9.17, 15) is 10.1 Å². The van der Waals surface area contributed by atoms with Gasteiger partial charge in [-0.25, -0.2) is 9.36 Å². The fourth-order valence-corrected chi connectivity index (χ4v) is 4.25. The van der Waals surface area contributed by atoms with Crippen molar-refractivity contribution in [1.82, 2.24) is 29.2 Å². The fourth-order valence-electron chi connectivity index (χ4n) is 3.60. The van der Waals surface area contributed by atoms with Crippen LogP contribution in [-0.4, -0.2) is 40.9 Å². The van der Waals surface area contributed by atoms with Gasteiger partial charge < -0.3 is 11.2 Å². The Labute approximate surface area is 195 Å². The molecule has 0 spiro atoms. The largest absolute Gasteiger partial charge is 0.334 e. The molecule has 33 heavy (non-hydrogen) atoms. The minimum absolute atomic E-state index is 0.0371. The van der Waals surface area contributed by atoms with Gasteiger partial charge in [-0.15, -0.1) is 10.2 Å². The summed E-state index contributed by atoms with van der Waals surface area (Å²) in [6, 6.07) is 13.7. The first-order valence-electron chi connectivity index (χ1n) is 10.2. The molecule has 0 saturated carbocycles. The van der Waals surface area contributed by atoms with E-state index in [0.717, 1.165) is 40.1 Å². The minimum atomic E-state index is -0.290. The Morgan fingerprint density at radius 3 is 2.55 bits per heavy atom. The van der Waals surface area contributed by atoms with E-state index in [1.54, 1.807) is 4.68 Å². The molecule has 3 aromatic heterocycles. The second-order valence-corrected chi connectivity index (χ2v) is 8.49. The monoisotopic (exact) mass is 461 g/mol. The number of thioether (sulfide) groups is 1. The van der Waals surface area contributed by atoms with Crippen LogP contribution in [0.3, 0.4) is 0 Å². The van der Waals surface area contributed by atoms with Crippen LogP contribution in [0, 0.1) is 39.0 Å². The molecule has 0 radical (unpaired) electrons. The molecule has 11 heteroatoms. The molecule has 0 aliphatic heterocycles. The van der Waals surface area contributed by atoms with Crippen LogP contribution in [0.15, 0.2) is 41.6 Å². The van der Waals surface area contributed by atoms with E-state index >= 15 is 0 Å². The molecule has 0 bridgehead atoms. The number of nitrogens with two attached hydrogens (primary N) is 1. The van der Waals surface area contributed by atoms with E-state index in [-0.39, 0.29) is 11.7 Å². The molecule has 10 nitrogen and oxygen atoms in total. The lowest BCUT2D eigenvalue weighted by atomic mass is 10.2. The molecule has 0 aliphatic carbocycles. The number of nitriles is 1. The summed E-state index contributed by atoms with van der Waals surface area (Å²) >= 11 is 1.15. The average Bonchev–Trinajstić information content (AvgIpc) is 3.40. The number of nitrogen functional groups attached to an aromatic ring is 1. The highest BCUT2D eigenvalue weighted by atomic mass is 32.2. The highest BCUT2D eigenvalue weighted by Crippen LogP contribution is 2.30. The van der Waals surface area contributed by atoms with Gasteiger partial charge in [0.15, 0.2) is 0 Å². The highest BCUT2D eigenvalue weighted by Gasteiger charge is 2.21. The summed E-state index contributed by atoms with van der Waals surface area (Å²) < 4.78 is 4.78. The fraction of sp³-hybridized carbons (Fsp3) is 0.227. The van der Waals surface area contributed by atoms with Gasteiger partial charge in [-0.1, -0.05) is 30.0 Å². The second-order valence-electron chi connectivity index (χ2n) is 7.55. The standard InChI is InChI=1S/C22H23N9OS/c1-13-10-14(2)31(28-13)21-26-27-22(30(21)24)33-12-19(32)25-20-18(11-23)15(3)16(4)29(20)17-8-6-5-7-9-17/h5-10H,12,24H2,1-4H3,(H,25,32). The van der Waals surface area contributed by atoms with Gasteiger partial charge in [0.1, 0.15) is 11.9 Å². The number of aromatic nitrogens is 6. The maximum Gasteiger partial charge on any atom is 0.271 e. The minimum Gasteiger partial charge on any atom is -0.334 e. The maximum absolute atomic E-state index is 12.8. The Balaban J connectivity index is 1.55. The van der Waals surface area contributed by atoms with Crippen LogP contribution in [0.1, 0.15) is 28.2 Å². The van der Waals surface area contributed by atoms with Gasteiger partial charge in [-0.3, -0.25) is 9.36 Å². The number of aryl methyl sites for hydroxylation is 2. The van der Waals surface area contributed by atoms with Crippen molar-refractivity contribution in [2.24, 2.45) is 0 Å². The number of anilines is 1. The van der Waals surface area contributed by atoms with Gasteiger partial charge >= 0.3 is 0 Å². The first-order valence-corrected chi connectivity index (χ1v) is 11.1. The molecule has 0 saturated heterocycles. The van der Waals surface area contributed by atoms with E-state index in [1.165, 1.54) is 4.68 Å². The highest BCUT2D eigenvalue weighted by molar-refractivity contribution is 7.99. The summed E-state index contributed by atoms with van der Waals surface area (Å²) in [7, 11) is 0. The molecule has 1 aromatic carbocycles. The Hall–Kier alpha value is -4.04. The first kappa shape index (κ1) is 22.2. The summed E-state index contributed by atoms with van der Waals surface area (Å²) in [4.78, 5) is 12.8. The van der Waals surface area contributed by atoms with Gasteiger partial charge in [0.2, 0.25) is 11.1 Å². The van der Waals surface area contributed by atoms with Crippen molar-refractivity contribution in [2.75, 3.05) is 16.9 Å². The first-order chi connectivity index (χ1) is 15.8. The molecule has 4 rings (SSSR count). The van der Waals surface area contributed by atoms with Crippen LogP contribution in [0.4, 0.5) is 5.82 Å². The van der Waals surface area contributed by atoms with Gasteiger partial charge in [0, 0.05) is 17.1 Å². The molecular formula is C22H23N9OS. The van der Waals surface area contributed by atoms with Crippen LogP contribution in [0.2, 0.25) is 0 Å². The van der Waals surface area contributed by atoms with E-state index in [4.69, 9.17) is 5.84 Å². The molecule has 0 unspecified atom stereocenters. The molecule has 168 valence electrons. The molecule has 0 aliphatic rings. The number of carbonyl (C=O) groups is 1. The van der Waals surface area contributed by atoms with Crippen LogP contribution < -0.4 is 11.2 Å². The number of hydrogen-bond acceptors (Lipinski definition) is 7. The van der Waals surface area contributed by atoms with Gasteiger partial charge in [0.25, 0.3) is 5.95 Å². The van der Waals surface area contributed by atoms with E-state index in [0.29, 0.717) is 22.5 Å². The normalized spacial score (nSPS) is 10.9. The van der Waals surface area contributed by atoms with Crippen molar-refractivity contribution < 1.29 is 4.79 Å². The second kappa shape index (κ2) is 8.84. The summed E-state index contributed by atoms with van der Waals surface area (Å²) in [5, 5.41) is 25.5. The zero-order valence-electron chi connectivity index (χ0n) is 18.7. The van der Waals surface area contributed by atoms with Gasteiger partial charge in [-0.05, 0) is 51.5 Å². The van der Waals surface area contributed by atoms with E-state index in [2.05, 4.69) is 26.7 Å². The Kier molecular flexibility index (Phi) is 5.93. The van der Waals surface area contributed by atoms with Crippen molar-refractivity contribution in [3.05, 3.63) is 64.6 Å². The number of nitrogens with zero attached hydrogens (tertiary/aromatic N) is 7. The third kappa shape index (κ3) is 4.08. The SMILES string of the molecule is Cc1cc(C)n(-c2nnc(SCC(=O)Nc3c(C#N)c(C)c(C)n3-c3ccccc3)n2N)n1. The summed E-state index contributed by atoms with van der Waals surface area (Å²) in [5.41, 5.74) is 4.71. The lowest BCUT2D eigenvalue weighted by molar-refractivity contribution is -0.113. The number of amides is 1. The number of carbonyl (C=O) groups excluding carboxylic acids is 1. The van der Waals surface area contributed by atoms with Crippen molar-refractivity contribution in [1.29, 1.82) is 5.26 Å². The molecular weight excluding hydrogens is 438 g/mol. The summed E-state index contributed by atoms with van der Waals surface area (Å²) in [6.45, 7) is 7.57. The van der Waals surface area contributed by atoms with Crippen LogP contribution in [0.25, 0.3) is 11.6 Å². The van der Waals surface area contributed by atoms with Crippen LogP contribution in [-0.2, 0) is 4.79 Å². The van der Waals surface area contributed by atoms with Crippen molar-refractivity contribution in [3.63, 3.8) is 0 Å². The maximum atomic E-state index is 12.8. The Morgan fingerprint density at radius 1 is 1.18 bits per heavy atom. The van der Waals surface area contributed by atoms with Crippen molar-refractivity contribution in [2.45, 2.75) is 32.9 Å². The topological polar surface area (TPSA) is 132 Å². The van der Waals surface area contributed by atoms with Crippen LogP contribution >= 0.6 is 11.8 Å². The quantitative estimate of drug-likeness (QED) is 0.333. The predicted molar refractivity (Wildman–Crippen MR) is 126 cm³/mol. The Morgan fingerprint density at radius 2 is 1.91 bits per heavy atom. The summed E-state index contributed by atoms with van der Waals surface area (Å²) in [5.74, 6) is 6.71. The molecule has 1 amide bonds. The third-order valence-electron chi connectivity index (χ3n) is 5.28. The number of hydrogen-bond donors (Lipinski definition) is 2. The molecule has 0 atom stereocenters. The van der Waals surface area contributed by atoms with E-state index in [1.807, 2.05) is 68.7 Å². The number of nitrogens with one attached hydrogen (secondary N) is 1. The smallest absolute Gasteiger partial charge is 0.271 e. The lowest BCUT2D eigenvalue weighted by Crippen LogP contribution is -2.20. The average molecular weight is 462 g/mol. The van der Waals surface area contributed by atoms with Gasteiger partial charge in [-0.2, -0.15) is 10.4 Å². The Bertz CT molecular complexity index is 1380. The third-order valence-corrected chi connectivity index (χ3v) is 6.22. The molecule has 3 N–H and O–H groups in total. The van der Waals surface area contributed by atoms with E-state index < -0.39 is 0 Å². The molecule has 0 fully saturated rings. The predicted octanol–water partition coefficient (Wildman–Crippen LogP) is 2.80. The number of rotatable bonds is 6.